The zero-order chi connectivity index (χ0) is 26.8. The number of carboxylic acids is 1. The fourth-order valence-corrected chi connectivity index (χ4v) is 4.60. The van der Waals surface area contributed by atoms with Crippen LogP contribution in [0.1, 0.15) is 62.8 Å². The molecule has 1 unspecified atom stereocenters. The van der Waals surface area contributed by atoms with Crippen molar-refractivity contribution in [3.8, 4) is 11.5 Å². The number of nitrogens with one attached hydrogen (secondary N) is 1. The predicted molar refractivity (Wildman–Crippen MR) is 142 cm³/mol. The molecule has 1 saturated heterocycles. The summed E-state index contributed by atoms with van der Waals surface area (Å²) in [5, 5.41) is 12.7. The van der Waals surface area contributed by atoms with E-state index in [4.69, 9.17) is 14.2 Å². The van der Waals surface area contributed by atoms with Gasteiger partial charge in [-0.1, -0.05) is 30.3 Å². The summed E-state index contributed by atoms with van der Waals surface area (Å²) in [7, 11) is 0. The zero-order valence-electron chi connectivity index (χ0n) is 22.4. The second-order valence-corrected chi connectivity index (χ2v) is 9.44. The first kappa shape index (κ1) is 28.3. The highest BCUT2D eigenvalue weighted by molar-refractivity contribution is 5.87. The molecule has 202 valence electrons. The van der Waals surface area contributed by atoms with Crippen molar-refractivity contribution in [2.75, 3.05) is 33.0 Å². The van der Waals surface area contributed by atoms with E-state index >= 15 is 0 Å². The molecule has 0 aromatic heterocycles. The molecule has 2 atom stereocenters. The first-order chi connectivity index (χ1) is 17.8. The Morgan fingerprint density at radius 2 is 1.76 bits per heavy atom. The van der Waals surface area contributed by atoms with E-state index in [-0.39, 0.29) is 19.1 Å². The molecule has 2 N–H and O–H groups in total. The minimum absolute atomic E-state index is 0.0438. The summed E-state index contributed by atoms with van der Waals surface area (Å²) >= 11 is 0. The first-order valence-electron chi connectivity index (χ1n) is 13.1. The second-order valence-electron chi connectivity index (χ2n) is 9.44. The number of carbonyl (C=O) groups is 2. The van der Waals surface area contributed by atoms with Crippen molar-refractivity contribution >= 4 is 12.0 Å². The summed E-state index contributed by atoms with van der Waals surface area (Å²) < 4.78 is 17.1. The Labute approximate surface area is 219 Å². The number of urea groups is 1. The van der Waals surface area contributed by atoms with Crippen LogP contribution in [0.4, 0.5) is 4.79 Å². The number of hydrogen-bond donors (Lipinski definition) is 2. The van der Waals surface area contributed by atoms with Crippen LogP contribution >= 0.6 is 0 Å². The van der Waals surface area contributed by atoms with E-state index in [0.717, 1.165) is 30.4 Å². The number of carbonyl (C=O) groups excluding carboxylic acids is 1. The van der Waals surface area contributed by atoms with Gasteiger partial charge >= 0.3 is 12.0 Å². The summed E-state index contributed by atoms with van der Waals surface area (Å²) in [6, 6.07) is 13.4. The van der Waals surface area contributed by atoms with Crippen LogP contribution in [0.3, 0.4) is 0 Å². The van der Waals surface area contributed by atoms with Gasteiger partial charge in [0.15, 0.2) is 5.54 Å². The zero-order valence-corrected chi connectivity index (χ0v) is 22.4. The lowest BCUT2D eigenvalue weighted by Gasteiger charge is -2.34. The maximum atomic E-state index is 13.6. The number of amides is 2. The molecule has 1 aliphatic heterocycles. The number of unbranched alkanes of at least 4 members (excludes halogenated alkanes) is 1. The molecule has 37 heavy (non-hydrogen) atoms. The van der Waals surface area contributed by atoms with Gasteiger partial charge in [-0.3, -0.25) is 0 Å². The van der Waals surface area contributed by atoms with E-state index in [0.29, 0.717) is 37.9 Å². The molecule has 0 spiro atoms. The number of rotatable bonds is 13. The van der Waals surface area contributed by atoms with Gasteiger partial charge in [0.05, 0.1) is 25.9 Å². The van der Waals surface area contributed by atoms with Crippen LogP contribution in [0.15, 0.2) is 42.5 Å². The van der Waals surface area contributed by atoms with Gasteiger partial charge in [0.1, 0.15) is 11.5 Å². The average Bonchev–Trinajstić information content (AvgIpc) is 3.36. The van der Waals surface area contributed by atoms with E-state index in [9.17, 15) is 14.7 Å². The highest BCUT2D eigenvalue weighted by atomic mass is 16.5. The fraction of sp³-hybridized carbons (Fsp3) is 0.517. The van der Waals surface area contributed by atoms with Crippen molar-refractivity contribution < 1.29 is 28.9 Å². The van der Waals surface area contributed by atoms with E-state index in [1.165, 1.54) is 5.56 Å². The number of aryl methyl sites for hydroxylation is 1. The molecule has 1 aliphatic rings. The smallest absolute Gasteiger partial charge is 0.332 e. The lowest BCUT2D eigenvalue weighted by Crippen LogP contribution is -2.58. The van der Waals surface area contributed by atoms with Crippen molar-refractivity contribution in [3.05, 3.63) is 59.2 Å². The molecule has 0 bridgehead atoms. The van der Waals surface area contributed by atoms with Gasteiger partial charge in [-0.2, -0.15) is 0 Å². The van der Waals surface area contributed by atoms with Crippen molar-refractivity contribution in [3.63, 3.8) is 0 Å². The van der Waals surface area contributed by atoms with Gasteiger partial charge in [0.25, 0.3) is 0 Å². The van der Waals surface area contributed by atoms with Gasteiger partial charge in [-0.05, 0) is 70.2 Å². The minimum atomic E-state index is -1.42. The third-order valence-electron chi connectivity index (χ3n) is 6.88. The molecule has 8 nitrogen and oxygen atoms in total. The Morgan fingerprint density at radius 1 is 1.11 bits per heavy atom. The Balaban J connectivity index is 1.85. The normalized spacial score (nSPS) is 17.7. The van der Waals surface area contributed by atoms with Crippen LogP contribution in [-0.4, -0.2) is 60.5 Å². The third-order valence-corrected chi connectivity index (χ3v) is 6.88. The standard InChI is InChI=1S/C29H40N2O6/c1-5-36-25-18-24(19-26(21(25)3)37-6-2)22(4)31(16-11-10-14-23-12-8-7-9-13-23)28(34)30-29(27(32)33)15-17-35-20-29/h7-9,12-13,18-19,22H,5-6,10-11,14-17,20H2,1-4H3,(H,30,34)(H,32,33)/t22-,29?/m1/s1. The largest absolute Gasteiger partial charge is 0.493 e. The van der Waals surface area contributed by atoms with Crippen molar-refractivity contribution in [1.82, 2.24) is 10.2 Å². The molecule has 1 heterocycles. The highest BCUT2D eigenvalue weighted by Gasteiger charge is 2.45. The average molecular weight is 513 g/mol. The van der Waals surface area contributed by atoms with Gasteiger partial charge < -0.3 is 29.5 Å². The Hall–Kier alpha value is -3.26. The van der Waals surface area contributed by atoms with Gasteiger partial charge in [0.2, 0.25) is 0 Å². The highest BCUT2D eigenvalue weighted by Crippen LogP contribution is 2.35. The predicted octanol–water partition coefficient (Wildman–Crippen LogP) is 5.13. The molecule has 3 rings (SSSR count). The van der Waals surface area contributed by atoms with E-state index < -0.39 is 17.5 Å². The van der Waals surface area contributed by atoms with Crippen LogP contribution in [0.2, 0.25) is 0 Å². The van der Waals surface area contributed by atoms with Crippen LogP contribution < -0.4 is 14.8 Å². The molecule has 1 fully saturated rings. The third kappa shape index (κ3) is 7.16. The van der Waals surface area contributed by atoms with Crippen LogP contribution in [0.25, 0.3) is 0 Å². The lowest BCUT2D eigenvalue weighted by atomic mass is 9.99. The van der Waals surface area contributed by atoms with E-state index in [1.54, 1.807) is 4.90 Å². The lowest BCUT2D eigenvalue weighted by molar-refractivity contribution is -0.144. The molecule has 0 aliphatic carbocycles. The first-order valence-corrected chi connectivity index (χ1v) is 13.1. The summed E-state index contributed by atoms with van der Waals surface area (Å²) in [4.78, 5) is 27.4. The molecule has 0 radical (unpaired) electrons. The van der Waals surface area contributed by atoms with Gasteiger partial charge in [0, 0.05) is 25.1 Å². The number of nitrogens with zero attached hydrogens (tertiary/aromatic N) is 1. The topological polar surface area (TPSA) is 97.3 Å². The van der Waals surface area contributed by atoms with Crippen molar-refractivity contribution in [1.29, 1.82) is 0 Å². The minimum Gasteiger partial charge on any atom is -0.493 e. The maximum Gasteiger partial charge on any atom is 0.332 e. The molecular formula is C29H40N2O6. The molecule has 2 aromatic carbocycles. The SMILES string of the molecule is CCOc1cc([C@@H](C)N(CCCCc2ccccc2)C(=O)NC2(C(=O)O)CCOC2)cc(OCC)c1C. The summed E-state index contributed by atoms with van der Waals surface area (Å²) in [6.07, 6.45) is 2.81. The van der Waals surface area contributed by atoms with Crippen LogP contribution in [0, 0.1) is 6.92 Å². The number of aliphatic carboxylic acids is 1. The molecular weight excluding hydrogens is 472 g/mol. The Bertz CT molecular complexity index is 1010. The number of benzene rings is 2. The quantitative estimate of drug-likeness (QED) is 0.361. The molecule has 0 saturated carbocycles. The monoisotopic (exact) mass is 512 g/mol. The van der Waals surface area contributed by atoms with Gasteiger partial charge in [-0.15, -0.1) is 0 Å². The molecule has 8 heteroatoms. The van der Waals surface area contributed by atoms with E-state index in [1.807, 2.05) is 58.0 Å². The van der Waals surface area contributed by atoms with Crippen LogP contribution in [-0.2, 0) is 16.0 Å². The summed E-state index contributed by atoms with van der Waals surface area (Å²) in [5.74, 6) is 0.347. The van der Waals surface area contributed by atoms with E-state index in [2.05, 4.69) is 17.4 Å². The van der Waals surface area contributed by atoms with Crippen molar-refractivity contribution in [2.45, 2.75) is 65.0 Å². The van der Waals surface area contributed by atoms with Gasteiger partial charge in [-0.25, -0.2) is 9.59 Å². The summed E-state index contributed by atoms with van der Waals surface area (Å²) in [5.41, 5.74) is 1.61. The molecule has 2 aromatic rings. The molecule has 2 amide bonds. The van der Waals surface area contributed by atoms with Crippen LogP contribution in [0.5, 0.6) is 11.5 Å². The fourth-order valence-electron chi connectivity index (χ4n) is 4.60. The van der Waals surface area contributed by atoms with Crippen molar-refractivity contribution in [2.24, 2.45) is 0 Å². The number of hydrogen-bond acceptors (Lipinski definition) is 5. The second kappa shape index (κ2) is 13.3. The number of ether oxygens (including phenoxy) is 3. The summed E-state index contributed by atoms with van der Waals surface area (Å²) in [6.45, 7) is 9.50. The maximum absolute atomic E-state index is 13.6. The number of carboxylic acid groups (broad SMARTS) is 1. The Kier molecular flexibility index (Phi) is 10.2. The Morgan fingerprint density at radius 3 is 2.30 bits per heavy atom.